The molecule has 0 bridgehead atoms. The van der Waals surface area contributed by atoms with Gasteiger partial charge in [0.25, 0.3) is 0 Å². The zero-order chi connectivity index (χ0) is 12.4. The summed E-state index contributed by atoms with van der Waals surface area (Å²) in [6, 6.07) is 8.85. The van der Waals surface area contributed by atoms with Gasteiger partial charge in [-0.15, -0.1) is 0 Å². The molecule has 0 amide bonds. The highest BCUT2D eigenvalue weighted by molar-refractivity contribution is 5.92. The highest BCUT2D eigenvalue weighted by Gasteiger charge is 2.13. The van der Waals surface area contributed by atoms with E-state index in [1.165, 1.54) is 16.6 Å². The van der Waals surface area contributed by atoms with Gasteiger partial charge in [0.15, 0.2) is 0 Å². The van der Waals surface area contributed by atoms with Crippen molar-refractivity contribution in [1.82, 2.24) is 9.88 Å². The summed E-state index contributed by atoms with van der Waals surface area (Å²) in [6.45, 7) is 3.46. The van der Waals surface area contributed by atoms with Crippen molar-refractivity contribution in [1.29, 1.82) is 0 Å². The lowest BCUT2D eigenvalue weighted by atomic mass is 10.2. The predicted octanol–water partition coefficient (Wildman–Crippen LogP) is 1.58. The molecule has 3 rings (SSSR count). The number of rotatable bonds is 3. The molecule has 1 fully saturated rings. The van der Waals surface area contributed by atoms with Crippen LogP contribution < -0.4 is 10.6 Å². The monoisotopic (exact) mass is 245 g/mol. The van der Waals surface area contributed by atoms with Crippen molar-refractivity contribution < 1.29 is 4.74 Å². The lowest BCUT2D eigenvalue weighted by Crippen LogP contribution is -2.45. The Labute approximate surface area is 107 Å². The van der Waals surface area contributed by atoms with E-state index in [1.807, 2.05) is 0 Å². The highest BCUT2D eigenvalue weighted by atomic mass is 16.5. The van der Waals surface area contributed by atoms with Crippen LogP contribution in [0.25, 0.3) is 10.9 Å². The molecule has 1 aromatic heterocycles. The highest BCUT2D eigenvalue weighted by Crippen LogP contribution is 2.24. The molecule has 4 heteroatoms. The Morgan fingerprint density at radius 3 is 3.17 bits per heavy atom. The minimum Gasteiger partial charge on any atom is -0.382 e. The third-order valence-electron chi connectivity index (χ3n) is 3.43. The molecule has 2 N–H and O–H groups in total. The maximum Gasteiger partial charge on any atom is 0.0637 e. The number of aromatic nitrogens is 1. The van der Waals surface area contributed by atoms with E-state index in [4.69, 9.17) is 4.74 Å². The molecule has 1 saturated heterocycles. The fraction of sp³-hybridized carbons (Fsp3) is 0.429. The number of hydrogen-bond donors (Lipinski definition) is 2. The first-order valence-electron chi connectivity index (χ1n) is 6.43. The van der Waals surface area contributed by atoms with Crippen LogP contribution in [-0.4, -0.2) is 36.9 Å². The normalized spacial score (nSPS) is 20.2. The van der Waals surface area contributed by atoms with E-state index >= 15 is 0 Å². The number of hydrogen-bond acceptors (Lipinski definition) is 3. The maximum atomic E-state index is 5.46. The van der Waals surface area contributed by atoms with E-state index in [1.54, 1.807) is 0 Å². The zero-order valence-corrected chi connectivity index (χ0v) is 10.6. The van der Waals surface area contributed by atoms with Crippen LogP contribution in [0.15, 0.2) is 30.5 Å². The van der Waals surface area contributed by atoms with E-state index in [0.29, 0.717) is 6.04 Å². The molecule has 0 spiro atoms. The molecular weight excluding hydrogens is 226 g/mol. The Balaban J connectivity index is 1.74. The zero-order valence-electron chi connectivity index (χ0n) is 10.6. The molecule has 1 aliphatic heterocycles. The Hall–Kier alpha value is -1.52. The van der Waals surface area contributed by atoms with Crippen molar-refractivity contribution in [3.63, 3.8) is 0 Å². The lowest BCUT2D eigenvalue weighted by molar-refractivity contribution is 0.0807. The first kappa shape index (κ1) is 11.6. The third kappa shape index (κ3) is 2.21. The van der Waals surface area contributed by atoms with Crippen LogP contribution in [0.4, 0.5) is 5.69 Å². The van der Waals surface area contributed by atoms with E-state index in [2.05, 4.69) is 52.7 Å². The van der Waals surface area contributed by atoms with Crippen molar-refractivity contribution in [2.75, 3.05) is 31.6 Å². The summed E-state index contributed by atoms with van der Waals surface area (Å²) in [5.41, 5.74) is 2.45. The second-order valence-electron chi connectivity index (χ2n) is 4.78. The van der Waals surface area contributed by atoms with Crippen LogP contribution >= 0.6 is 0 Å². The first-order chi connectivity index (χ1) is 8.84. The average Bonchev–Trinajstić information content (AvgIpc) is 2.75. The number of benzene rings is 1. The van der Waals surface area contributed by atoms with Crippen LogP contribution in [-0.2, 0) is 11.8 Å². The fourth-order valence-corrected chi connectivity index (χ4v) is 2.47. The molecule has 96 valence electrons. The maximum absolute atomic E-state index is 5.46. The smallest absolute Gasteiger partial charge is 0.0637 e. The molecule has 0 saturated carbocycles. The van der Waals surface area contributed by atoms with E-state index in [0.717, 1.165) is 26.3 Å². The van der Waals surface area contributed by atoms with Gasteiger partial charge in [0, 0.05) is 43.3 Å². The first-order valence-corrected chi connectivity index (χ1v) is 6.43. The molecule has 1 aliphatic rings. The van der Waals surface area contributed by atoms with Crippen LogP contribution in [0.3, 0.4) is 0 Å². The predicted molar refractivity (Wildman–Crippen MR) is 74.0 cm³/mol. The number of nitrogens with zero attached hydrogens (tertiary/aromatic N) is 1. The van der Waals surface area contributed by atoms with Crippen molar-refractivity contribution in [2.24, 2.45) is 7.05 Å². The molecular formula is C14H19N3O. The van der Waals surface area contributed by atoms with Gasteiger partial charge in [0.1, 0.15) is 0 Å². The van der Waals surface area contributed by atoms with E-state index < -0.39 is 0 Å². The van der Waals surface area contributed by atoms with Crippen molar-refractivity contribution >= 4 is 16.6 Å². The van der Waals surface area contributed by atoms with Gasteiger partial charge in [-0.3, -0.25) is 0 Å². The number of anilines is 1. The molecule has 4 nitrogen and oxygen atoms in total. The number of ether oxygens (including phenoxy) is 1. The van der Waals surface area contributed by atoms with Crippen LogP contribution in [0.1, 0.15) is 0 Å². The van der Waals surface area contributed by atoms with Gasteiger partial charge in [-0.25, -0.2) is 0 Å². The summed E-state index contributed by atoms with van der Waals surface area (Å²) >= 11 is 0. The van der Waals surface area contributed by atoms with Gasteiger partial charge >= 0.3 is 0 Å². The number of nitrogens with one attached hydrogen (secondary N) is 2. The molecule has 0 radical (unpaired) electrons. The number of aryl methyl sites for hydroxylation is 1. The average molecular weight is 245 g/mol. The van der Waals surface area contributed by atoms with Gasteiger partial charge in [0.2, 0.25) is 0 Å². The summed E-state index contributed by atoms with van der Waals surface area (Å²) in [6.07, 6.45) is 2.15. The Morgan fingerprint density at radius 1 is 1.44 bits per heavy atom. The van der Waals surface area contributed by atoms with Crippen LogP contribution in [0.5, 0.6) is 0 Å². The number of fused-ring (bicyclic) bond motifs is 1. The molecule has 2 aromatic rings. The summed E-state index contributed by atoms with van der Waals surface area (Å²) in [5.74, 6) is 0. The Morgan fingerprint density at radius 2 is 2.33 bits per heavy atom. The second-order valence-corrected chi connectivity index (χ2v) is 4.78. The molecule has 1 unspecified atom stereocenters. The summed E-state index contributed by atoms with van der Waals surface area (Å²) in [4.78, 5) is 0. The SMILES string of the molecule is Cn1cc(NCC2COCCN2)c2ccccc21. The molecule has 2 heterocycles. The van der Waals surface area contributed by atoms with Gasteiger partial charge in [-0.05, 0) is 6.07 Å². The quantitative estimate of drug-likeness (QED) is 0.862. The minimum atomic E-state index is 0.401. The number of para-hydroxylation sites is 1. The van der Waals surface area contributed by atoms with E-state index in [9.17, 15) is 0 Å². The van der Waals surface area contributed by atoms with Crippen molar-refractivity contribution in [3.8, 4) is 0 Å². The van der Waals surface area contributed by atoms with Crippen molar-refractivity contribution in [2.45, 2.75) is 6.04 Å². The summed E-state index contributed by atoms with van der Waals surface area (Å²) < 4.78 is 7.61. The fourth-order valence-electron chi connectivity index (χ4n) is 2.47. The standard InChI is InChI=1S/C14H19N3O/c1-17-9-13(12-4-2-3-5-14(12)17)16-8-11-10-18-7-6-15-11/h2-5,9,11,15-16H,6-8,10H2,1H3. The summed E-state index contributed by atoms with van der Waals surface area (Å²) in [7, 11) is 2.08. The van der Waals surface area contributed by atoms with Gasteiger partial charge < -0.3 is 19.9 Å². The van der Waals surface area contributed by atoms with Crippen LogP contribution in [0, 0.1) is 0 Å². The minimum absolute atomic E-state index is 0.401. The van der Waals surface area contributed by atoms with Gasteiger partial charge in [-0.2, -0.15) is 0 Å². The molecule has 1 atom stereocenters. The molecule has 18 heavy (non-hydrogen) atoms. The Kier molecular flexibility index (Phi) is 3.21. The summed E-state index contributed by atoms with van der Waals surface area (Å²) in [5, 5.41) is 8.24. The topological polar surface area (TPSA) is 38.2 Å². The number of morpholine rings is 1. The molecule has 1 aromatic carbocycles. The molecule has 0 aliphatic carbocycles. The Bertz CT molecular complexity index is 529. The van der Waals surface area contributed by atoms with E-state index in [-0.39, 0.29) is 0 Å². The second kappa shape index (κ2) is 5.00. The van der Waals surface area contributed by atoms with Gasteiger partial charge in [-0.1, -0.05) is 18.2 Å². The van der Waals surface area contributed by atoms with Crippen molar-refractivity contribution in [3.05, 3.63) is 30.5 Å². The van der Waals surface area contributed by atoms with Crippen LogP contribution in [0.2, 0.25) is 0 Å². The third-order valence-corrected chi connectivity index (χ3v) is 3.43. The largest absolute Gasteiger partial charge is 0.382 e. The lowest BCUT2D eigenvalue weighted by Gasteiger charge is -2.24. The van der Waals surface area contributed by atoms with Gasteiger partial charge in [0.05, 0.1) is 18.9 Å².